The van der Waals surface area contributed by atoms with Gasteiger partial charge in [0.2, 0.25) is 5.91 Å². The summed E-state index contributed by atoms with van der Waals surface area (Å²) < 4.78 is 5.28. The molecule has 0 heterocycles. The molecule has 2 N–H and O–H groups in total. The van der Waals surface area contributed by atoms with E-state index in [0.717, 1.165) is 11.3 Å². The zero-order valence-electron chi connectivity index (χ0n) is 7.62. The quantitative estimate of drug-likeness (QED) is 0.752. The van der Waals surface area contributed by atoms with Crippen LogP contribution in [0, 0.1) is 0 Å². The van der Waals surface area contributed by atoms with Crippen molar-refractivity contribution in [2.24, 2.45) is 5.73 Å². The van der Waals surface area contributed by atoms with Crippen molar-refractivity contribution in [2.75, 3.05) is 6.61 Å². The number of hydrogen-bond acceptors (Lipinski definition) is 2. The first-order chi connectivity index (χ1) is 6.22. The van der Waals surface area contributed by atoms with E-state index in [0.29, 0.717) is 6.61 Å². The Kier molecular flexibility index (Phi) is 3.31. The lowest BCUT2D eigenvalue weighted by Crippen LogP contribution is -2.13. The van der Waals surface area contributed by atoms with E-state index >= 15 is 0 Å². The summed E-state index contributed by atoms with van der Waals surface area (Å²) in [5, 5.41) is 0. The number of carbonyl (C=O) groups excluding carboxylic acids is 1. The Hall–Kier alpha value is -1.51. The molecule has 70 valence electrons. The smallest absolute Gasteiger partial charge is 0.221 e. The van der Waals surface area contributed by atoms with Crippen LogP contribution in [-0.2, 0) is 11.2 Å². The van der Waals surface area contributed by atoms with Crippen molar-refractivity contribution >= 4 is 5.91 Å². The maximum atomic E-state index is 10.6. The SMILES string of the molecule is CCOc1cccc(CC(N)=O)c1. The topological polar surface area (TPSA) is 52.3 Å². The van der Waals surface area contributed by atoms with Gasteiger partial charge in [0.25, 0.3) is 0 Å². The van der Waals surface area contributed by atoms with Crippen molar-refractivity contribution in [1.29, 1.82) is 0 Å². The lowest BCUT2D eigenvalue weighted by molar-refractivity contribution is -0.117. The van der Waals surface area contributed by atoms with Gasteiger partial charge in [-0.2, -0.15) is 0 Å². The first kappa shape index (κ1) is 9.58. The number of benzene rings is 1. The predicted molar refractivity (Wildman–Crippen MR) is 50.5 cm³/mol. The fraction of sp³-hybridized carbons (Fsp3) is 0.300. The standard InChI is InChI=1S/C10H13NO2/c1-2-13-9-5-3-4-8(6-9)7-10(11)12/h3-6H,2,7H2,1H3,(H2,11,12). The highest BCUT2D eigenvalue weighted by Gasteiger charge is 1.99. The summed E-state index contributed by atoms with van der Waals surface area (Å²) in [5.74, 6) is 0.454. The molecule has 0 aliphatic carbocycles. The van der Waals surface area contributed by atoms with Crippen LogP contribution in [0.1, 0.15) is 12.5 Å². The van der Waals surface area contributed by atoms with Crippen molar-refractivity contribution in [3.63, 3.8) is 0 Å². The Balaban J connectivity index is 2.73. The minimum atomic E-state index is -0.325. The van der Waals surface area contributed by atoms with Crippen molar-refractivity contribution < 1.29 is 9.53 Å². The van der Waals surface area contributed by atoms with E-state index in [1.807, 2.05) is 31.2 Å². The molecule has 0 bridgehead atoms. The Bertz CT molecular complexity index is 297. The number of nitrogens with two attached hydrogens (primary N) is 1. The molecule has 3 heteroatoms. The van der Waals surface area contributed by atoms with E-state index in [-0.39, 0.29) is 12.3 Å². The summed E-state index contributed by atoms with van der Waals surface area (Å²) in [6.07, 6.45) is 0.265. The zero-order valence-corrected chi connectivity index (χ0v) is 7.62. The van der Waals surface area contributed by atoms with Crippen LogP contribution < -0.4 is 10.5 Å². The molecule has 1 aromatic carbocycles. The Morgan fingerprint density at radius 3 is 2.92 bits per heavy atom. The fourth-order valence-electron chi connectivity index (χ4n) is 1.11. The molecule has 0 radical (unpaired) electrons. The highest BCUT2D eigenvalue weighted by Crippen LogP contribution is 2.13. The summed E-state index contributed by atoms with van der Waals surface area (Å²) in [5.41, 5.74) is 5.96. The van der Waals surface area contributed by atoms with E-state index < -0.39 is 0 Å². The summed E-state index contributed by atoms with van der Waals surface area (Å²) >= 11 is 0. The van der Waals surface area contributed by atoms with Gasteiger partial charge in [0.1, 0.15) is 5.75 Å². The van der Waals surface area contributed by atoms with Crippen LogP contribution in [0.5, 0.6) is 5.75 Å². The van der Waals surface area contributed by atoms with Gasteiger partial charge in [-0.25, -0.2) is 0 Å². The van der Waals surface area contributed by atoms with Crippen LogP contribution in [0.2, 0.25) is 0 Å². The van der Waals surface area contributed by atoms with Crippen LogP contribution >= 0.6 is 0 Å². The fourth-order valence-corrected chi connectivity index (χ4v) is 1.11. The number of hydrogen-bond donors (Lipinski definition) is 1. The molecule has 0 saturated carbocycles. The minimum Gasteiger partial charge on any atom is -0.494 e. The van der Waals surface area contributed by atoms with Gasteiger partial charge in [0.05, 0.1) is 13.0 Å². The molecule has 0 atom stereocenters. The Morgan fingerprint density at radius 1 is 1.54 bits per heavy atom. The lowest BCUT2D eigenvalue weighted by Gasteiger charge is -2.04. The zero-order chi connectivity index (χ0) is 9.68. The lowest BCUT2D eigenvalue weighted by atomic mass is 10.1. The van der Waals surface area contributed by atoms with Gasteiger partial charge in [-0.05, 0) is 24.6 Å². The molecule has 1 rings (SSSR count). The van der Waals surface area contributed by atoms with E-state index in [9.17, 15) is 4.79 Å². The third kappa shape index (κ3) is 3.15. The average molecular weight is 179 g/mol. The molecule has 0 aliphatic heterocycles. The molecule has 0 saturated heterocycles. The molecular formula is C10H13NO2. The predicted octanol–water partition coefficient (Wildman–Crippen LogP) is 1.11. The summed E-state index contributed by atoms with van der Waals surface area (Å²) in [4.78, 5) is 10.6. The first-order valence-corrected chi connectivity index (χ1v) is 4.22. The molecular weight excluding hydrogens is 166 g/mol. The van der Waals surface area contributed by atoms with Crippen LogP contribution in [0.3, 0.4) is 0 Å². The number of rotatable bonds is 4. The second kappa shape index (κ2) is 4.50. The second-order valence-electron chi connectivity index (χ2n) is 2.72. The van der Waals surface area contributed by atoms with Gasteiger partial charge in [-0.3, -0.25) is 4.79 Å². The van der Waals surface area contributed by atoms with E-state index in [1.54, 1.807) is 0 Å². The third-order valence-corrected chi connectivity index (χ3v) is 1.59. The largest absolute Gasteiger partial charge is 0.494 e. The molecule has 3 nitrogen and oxygen atoms in total. The Morgan fingerprint density at radius 2 is 2.31 bits per heavy atom. The van der Waals surface area contributed by atoms with Crippen molar-refractivity contribution in [3.8, 4) is 5.75 Å². The third-order valence-electron chi connectivity index (χ3n) is 1.59. The van der Waals surface area contributed by atoms with E-state index in [2.05, 4.69) is 0 Å². The average Bonchev–Trinajstić information content (AvgIpc) is 2.04. The molecule has 0 aromatic heterocycles. The number of carbonyl (C=O) groups is 1. The molecule has 0 spiro atoms. The van der Waals surface area contributed by atoms with Gasteiger partial charge in [0.15, 0.2) is 0 Å². The number of amides is 1. The van der Waals surface area contributed by atoms with Crippen molar-refractivity contribution in [3.05, 3.63) is 29.8 Å². The number of ether oxygens (including phenoxy) is 1. The molecule has 1 amide bonds. The van der Waals surface area contributed by atoms with E-state index in [1.165, 1.54) is 0 Å². The minimum absolute atomic E-state index is 0.265. The highest BCUT2D eigenvalue weighted by atomic mass is 16.5. The van der Waals surface area contributed by atoms with Gasteiger partial charge in [0, 0.05) is 0 Å². The molecule has 0 unspecified atom stereocenters. The van der Waals surface area contributed by atoms with Gasteiger partial charge < -0.3 is 10.5 Å². The second-order valence-corrected chi connectivity index (χ2v) is 2.72. The monoisotopic (exact) mass is 179 g/mol. The van der Waals surface area contributed by atoms with Crippen molar-refractivity contribution in [1.82, 2.24) is 0 Å². The van der Waals surface area contributed by atoms with E-state index in [4.69, 9.17) is 10.5 Å². The maximum Gasteiger partial charge on any atom is 0.221 e. The normalized spacial score (nSPS) is 9.62. The molecule has 13 heavy (non-hydrogen) atoms. The molecule has 0 aliphatic rings. The Labute approximate surface area is 77.5 Å². The van der Waals surface area contributed by atoms with Gasteiger partial charge in [-0.15, -0.1) is 0 Å². The van der Waals surface area contributed by atoms with Crippen LogP contribution in [0.15, 0.2) is 24.3 Å². The summed E-state index contributed by atoms with van der Waals surface area (Å²) in [6, 6.07) is 7.39. The maximum absolute atomic E-state index is 10.6. The summed E-state index contributed by atoms with van der Waals surface area (Å²) in [6.45, 7) is 2.54. The first-order valence-electron chi connectivity index (χ1n) is 4.22. The van der Waals surface area contributed by atoms with Crippen LogP contribution in [0.4, 0.5) is 0 Å². The van der Waals surface area contributed by atoms with Gasteiger partial charge >= 0.3 is 0 Å². The van der Waals surface area contributed by atoms with Crippen LogP contribution in [-0.4, -0.2) is 12.5 Å². The molecule has 0 fully saturated rings. The summed E-state index contributed by atoms with van der Waals surface area (Å²) in [7, 11) is 0. The number of primary amides is 1. The molecule has 1 aromatic rings. The highest BCUT2D eigenvalue weighted by molar-refractivity contribution is 5.76. The van der Waals surface area contributed by atoms with Crippen molar-refractivity contribution in [2.45, 2.75) is 13.3 Å². The van der Waals surface area contributed by atoms with Crippen LogP contribution in [0.25, 0.3) is 0 Å². The van der Waals surface area contributed by atoms with Gasteiger partial charge in [-0.1, -0.05) is 12.1 Å².